The third-order valence-electron chi connectivity index (χ3n) is 1.76. The van der Waals surface area contributed by atoms with Gasteiger partial charge in [-0.25, -0.2) is 0 Å². The van der Waals surface area contributed by atoms with E-state index in [4.69, 9.17) is 11.6 Å². The highest BCUT2D eigenvalue weighted by molar-refractivity contribution is 6.21. The van der Waals surface area contributed by atoms with Crippen LogP contribution in [-0.4, -0.2) is 5.38 Å². The molecule has 1 rings (SSSR count). The van der Waals surface area contributed by atoms with Crippen LogP contribution in [0.2, 0.25) is 0 Å². The predicted octanol–water partition coefficient (Wildman–Crippen LogP) is 2.97. The first-order valence-corrected chi connectivity index (χ1v) is 3.93. The third kappa shape index (κ3) is 2.02. The fraction of sp³-hybridized carbons (Fsp3) is 0.750. The molecule has 0 saturated carbocycles. The van der Waals surface area contributed by atoms with Gasteiger partial charge in [0, 0.05) is 0 Å². The molecule has 1 aliphatic rings. The van der Waals surface area contributed by atoms with Crippen LogP contribution < -0.4 is 0 Å². The Labute approximate surface area is 61.9 Å². The van der Waals surface area contributed by atoms with E-state index in [1.807, 2.05) is 0 Å². The molecule has 0 fully saturated rings. The van der Waals surface area contributed by atoms with E-state index in [0.717, 1.165) is 12.3 Å². The zero-order valence-corrected chi connectivity index (χ0v) is 6.78. The Morgan fingerprint density at radius 2 is 2.33 bits per heavy atom. The van der Waals surface area contributed by atoms with Gasteiger partial charge in [0.25, 0.3) is 0 Å². The van der Waals surface area contributed by atoms with Crippen LogP contribution in [0.15, 0.2) is 11.6 Å². The molecule has 0 unspecified atom stereocenters. The normalized spacial score (nSPS) is 36.1. The molecule has 0 saturated heterocycles. The van der Waals surface area contributed by atoms with Crippen molar-refractivity contribution in [2.75, 3.05) is 0 Å². The standard InChI is InChI=1S/C8H13Cl/c1-6-3-7(2)5-8(9)4-6/h4,7-8H,3,5H2,1-2H3/t7-,8-/m1/s1. The second-order valence-electron chi connectivity index (χ2n) is 3.07. The summed E-state index contributed by atoms with van der Waals surface area (Å²) in [6, 6.07) is 0. The van der Waals surface area contributed by atoms with E-state index in [0.29, 0.717) is 5.38 Å². The Hall–Kier alpha value is 0.0300. The molecule has 2 atom stereocenters. The summed E-state index contributed by atoms with van der Waals surface area (Å²) in [4.78, 5) is 0. The smallest absolute Gasteiger partial charge is 0.0521 e. The first-order valence-electron chi connectivity index (χ1n) is 3.50. The number of hydrogen-bond acceptors (Lipinski definition) is 0. The molecule has 0 aromatic rings. The molecule has 0 aliphatic heterocycles. The number of allylic oxidation sites excluding steroid dienone is 2. The van der Waals surface area contributed by atoms with Crippen LogP contribution in [0, 0.1) is 5.92 Å². The van der Waals surface area contributed by atoms with Crippen molar-refractivity contribution in [3.05, 3.63) is 11.6 Å². The Morgan fingerprint density at radius 3 is 2.78 bits per heavy atom. The second-order valence-corrected chi connectivity index (χ2v) is 3.63. The van der Waals surface area contributed by atoms with E-state index < -0.39 is 0 Å². The molecule has 0 spiro atoms. The summed E-state index contributed by atoms with van der Waals surface area (Å²) in [7, 11) is 0. The number of halogens is 1. The topological polar surface area (TPSA) is 0 Å². The van der Waals surface area contributed by atoms with Gasteiger partial charge >= 0.3 is 0 Å². The van der Waals surface area contributed by atoms with Crippen molar-refractivity contribution in [3.8, 4) is 0 Å². The fourth-order valence-corrected chi connectivity index (χ4v) is 1.98. The van der Waals surface area contributed by atoms with E-state index in [2.05, 4.69) is 19.9 Å². The van der Waals surface area contributed by atoms with Gasteiger partial charge in [0.1, 0.15) is 0 Å². The van der Waals surface area contributed by atoms with Crippen molar-refractivity contribution < 1.29 is 0 Å². The van der Waals surface area contributed by atoms with Crippen molar-refractivity contribution in [1.82, 2.24) is 0 Å². The first-order chi connectivity index (χ1) is 4.18. The van der Waals surface area contributed by atoms with Crippen molar-refractivity contribution >= 4 is 11.6 Å². The van der Waals surface area contributed by atoms with E-state index >= 15 is 0 Å². The highest BCUT2D eigenvalue weighted by atomic mass is 35.5. The Balaban J connectivity index is 2.56. The molecule has 0 heterocycles. The van der Waals surface area contributed by atoms with E-state index in [1.54, 1.807) is 0 Å². The third-order valence-corrected chi connectivity index (χ3v) is 2.07. The number of rotatable bonds is 0. The summed E-state index contributed by atoms with van der Waals surface area (Å²) < 4.78 is 0. The van der Waals surface area contributed by atoms with Crippen LogP contribution >= 0.6 is 11.6 Å². The molecule has 0 nitrogen and oxygen atoms in total. The van der Waals surface area contributed by atoms with Crippen LogP contribution in [0.4, 0.5) is 0 Å². The average Bonchev–Trinajstić information content (AvgIpc) is 1.59. The van der Waals surface area contributed by atoms with Crippen LogP contribution in [0.3, 0.4) is 0 Å². The maximum atomic E-state index is 5.93. The second kappa shape index (κ2) is 2.74. The maximum Gasteiger partial charge on any atom is 0.0521 e. The lowest BCUT2D eigenvalue weighted by molar-refractivity contribution is 0.513. The van der Waals surface area contributed by atoms with Crippen molar-refractivity contribution in [2.45, 2.75) is 32.1 Å². The summed E-state index contributed by atoms with van der Waals surface area (Å²) in [6.45, 7) is 4.41. The van der Waals surface area contributed by atoms with Gasteiger partial charge in [-0.05, 0) is 25.7 Å². The SMILES string of the molecule is CC1=C[C@@H](Cl)C[C@H](C)C1. The summed E-state index contributed by atoms with van der Waals surface area (Å²) in [6.07, 6.45) is 4.56. The summed E-state index contributed by atoms with van der Waals surface area (Å²) in [5, 5.41) is 0.300. The highest BCUT2D eigenvalue weighted by Crippen LogP contribution is 2.26. The van der Waals surface area contributed by atoms with Crippen LogP contribution in [0.1, 0.15) is 26.7 Å². The molecule has 0 radical (unpaired) electrons. The van der Waals surface area contributed by atoms with E-state index in [-0.39, 0.29) is 0 Å². The number of alkyl halides is 1. The molecule has 0 amide bonds. The summed E-state index contributed by atoms with van der Waals surface area (Å²) in [5.74, 6) is 0.789. The molecule has 9 heavy (non-hydrogen) atoms. The molecule has 1 aliphatic carbocycles. The Morgan fingerprint density at radius 1 is 1.67 bits per heavy atom. The van der Waals surface area contributed by atoms with E-state index in [9.17, 15) is 0 Å². The average molecular weight is 145 g/mol. The largest absolute Gasteiger partial charge is 0.118 e. The highest BCUT2D eigenvalue weighted by Gasteiger charge is 2.14. The van der Waals surface area contributed by atoms with Gasteiger partial charge in [-0.1, -0.05) is 18.6 Å². The van der Waals surface area contributed by atoms with Crippen molar-refractivity contribution in [2.24, 2.45) is 5.92 Å². The molecule has 0 N–H and O–H groups in total. The lowest BCUT2D eigenvalue weighted by atomic mass is 9.91. The minimum Gasteiger partial charge on any atom is -0.118 e. The summed E-state index contributed by atoms with van der Waals surface area (Å²) in [5.41, 5.74) is 1.45. The molecule has 0 aromatic heterocycles. The molecule has 0 aromatic carbocycles. The molecular formula is C8H13Cl. The molecule has 52 valence electrons. The quantitative estimate of drug-likeness (QED) is 0.362. The van der Waals surface area contributed by atoms with Gasteiger partial charge in [-0.2, -0.15) is 0 Å². The van der Waals surface area contributed by atoms with Gasteiger partial charge < -0.3 is 0 Å². The van der Waals surface area contributed by atoms with Gasteiger partial charge in [-0.15, -0.1) is 11.6 Å². The minimum atomic E-state index is 0.300. The fourth-order valence-electron chi connectivity index (χ4n) is 1.46. The van der Waals surface area contributed by atoms with Gasteiger partial charge in [0.15, 0.2) is 0 Å². The van der Waals surface area contributed by atoms with Crippen LogP contribution in [-0.2, 0) is 0 Å². The van der Waals surface area contributed by atoms with Crippen molar-refractivity contribution in [1.29, 1.82) is 0 Å². The van der Waals surface area contributed by atoms with Crippen LogP contribution in [0.5, 0.6) is 0 Å². The van der Waals surface area contributed by atoms with Gasteiger partial charge in [-0.3, -0.25) is 0 Å². The van der Waals surface area contributed by atoms with Crippen molar-refractivity contribution in [3.63, 3.8) is 0 Å². The minimum absolute atomic E-state index is 0.300. The lowest BCUT2D eigenvalue weighted by Gasteiger charge is -2.19. The lowest BCUT2D eigenvalue weighted by Crippen LogP contribution is -2.10. The Kier molecular flexibility index (Phi) is 2.18. The first kappa shape index (κ1) is 7.14. The maximum absolute atomic E-state index is 5.93. The van der Waals surface area contributed by atoms with Gasteiger partial charge in [0.05, 0.1) is 5.38 Å². The van der Waals surface area contributed by atoms with E-state index in [1.165, 1.54) is 12.0 Å². The summed E-state index contributed by atoms with van der Waals surface area (Å²) >= 11 is 5.93. The van der Waals surface area contributed by atoms with Gasteiger partial charge in [0.2, 0.25) is 0 Å². The number of hydrogen-bond donors (Lipinski definition) is 0. The Bertz CT molecular complexity index is 127. The predicted molar refractivity (Wildman–Crippen MR) is 41.8 cm³/mol. The molecule has 1 heteroatoms. The zero-order valence-electron chi connectivity index (χ0n) is 6.02. The molecular weight excluding hydrogens is 132 g/mol. The molecule has 0 bridgehead atoms. The zero-order chi connectivity index (χ0) is 6.85. The monoisotopic (exact) mass is 144 g/mol. The van der Waals surface area contributed by atoms with Crippen LogP contribution in [0.25, 0.3) is 0 Å².